The van der Waals surface area contributed by atoms with E-state index in [9.17, 15) is 9.90 Å². The lowest BCUT2D eigenvalue weighted by Gasteiger charge is -2.16. The number of aromatic nitrogens is 3. The number of hydrogen-bond donors (Lipinski definition) is 1. The van der Waals surface area contributed by atoms with E-state index < -0.39 is 5.97 Å². The van der Waals surface area contributed by atoms with Crippen LogP contribution in [0.2, 0.25) is 0 Å². The summed E-state index contributed by atoms with van der Waals surface area (Å²) in [5.41, 5.74) is 3.11. The smallest absolute Gasteiger partial charge is 0.360 e. The highest BCUT2D eigenvalue weighted by molar-refractivity contribution is 5.91. The molecule has 1 aromatic heterocycles. The summed E-state index contributed by atoms with van der Waals surface area (Å²) in [7, 11) is 0. The van der Waals surface area contributed by atoms with Gasteiger partial charge in [-0.05, 0) is 36.6 Å². The van der Waals surface area contributed by atoms with Crippen LogP contribution in [0.15, 0.2) is 54.6 Å². The summed E-state index contributed by atoms with van der Waals surface area (Å²) in [6.07, 6.45) is 0.973. The highest BCUT2D eigenvalue weighted by Gasteiger charge is 2.30. The Morgan fingerprint density at radius 1 is 1.12 bits per heavy atom. The molecule has 1 fully saturated rings. The molecule has 1 unspecified atom stereocenters. The first kappa shape index (κ1) is 16.3. The molecule has 1 saturated heterocycles. The van der Waals surface area contributed by atoms with Gasteiger partial charge in [0.25, 0.3) is 0 Å². The lowest BCUT2D eigenvalue weighted by molar-refractivity contribution is 0.0690. The molecule has 0 amide bonds. The summed E-state index contributed by atoms with van der Waals surface area (Å²) in [4.78, 5) is 15.1. The van der Waals surface area contributed by atoms with E-state index in [2.05, 4.69) is 22.3 Å². The van der Waals surface area contributed by atoms with E-state index in [1.807, 2.05) is 54.3 Å². The number of aromatic carboxylic acids is 1. The van der Waals surface area contributed by atoms with Crippen molar-refractivity contribution in [2.75, 3.05) is 18.0 Å². The van der Waals surface area contributed by atoms with Gasteiger partial charge in [0.1, 0.15) is 0 Å². The molecule has 4 rings (SSSR count). The number of carboxylic acids is 1. The third-order valence-electron chi connectivity index (χ3n) is 4.79. The van der Waals surface area contributed by atoms with Crippen LogP contribution in [0.25, 0.3) is 5.69 Å². The minimum absolute atomic E-state index is 0.000202. The maximum absolute atomic E-state index is 11.7. The van der Waals surface area contributed by atoms with Gasteiger partial charge in [0.15, 0.2) is 5.82 Å². The summed E-state index contributed by atoms with van der Waals surface area (Å²) in [5, 5.41) is 18.3. The molecule has 1 aliphatic heterocycles. The molecule has 1 atom stereocenters. The second-order valence-corrected chi connectivity index (χ2v) is 6.65. The fraction of sp³-hybridized carbons (Fsp3) is 0.250. The monoisotopic (exact) mass is 348 g/mol. The van der Waals surface area contributed by atoms with Gasteiger partial charge in [-0.1, -0.05) is 42.5 Å². The highest BCUT2D eigenvalue weighted by atomic mass is 16.4. The Morgan fingerprint density at radius 3 is 2.65 bits per heavy atom. The zero-order chi connectivity index (χ0) is 18.1. The molecule has 0 spiro atoms. The topological polar surface area (TPSA) is 71.2 Å². The van der Waals surface area contributed by atoms with Crippen molar-refractivity contribution in [2.24, 2.45) is 0 Å². The molecule has 6 heteroatoms. The molecular formula is C20H20N4O2. The van der Waals surface area contributed by atoms with Crippen LogP contribution in [0.3, 0.4) is 0 Å². The van der Waals surface area contributed by atoms with E-state index in [0.717, 1.165) is 30.8 Å². The molecule has 0 aliphatic carbocycles. The van der Waals surface area contributed by atoms with E-state index in [1.54, 1.807) is 0 Å². The maximum atomic E-state index is 11.7. The van der Waals surface area contributed by atoms with Crippen molar-refractivity contribution >= 4 is 11.8 Å². The number of hydrogen-bond acceptors (Lipinski definition) is 4. The maximum Gasteiger partial charge on any atom is 0.360 e. The summed E-state index contributed by atoms with van der Waals surface area (Å²) in [5.74, 6) is -0.235. The van der Waals surface area contributed by atoms with E-state index >= 15 is 0 Å². The molecule has 3 aromatic rings. The van der Waals surface area contributed by atoms with Gasteiger partial charge in [-0.25, -0.2) is 4.79 Å². The minimum atomic E-state index is -1.05. The quantitative estimate of drug-likeness (QED) is 0.783. The van der Waals surface area contributed by atoms with Gasteiger partial charge in [0.05, 0.1) is 5.69 Å². The van der Waals surface area contributed by atoms with Crippen molar-refractivity contribution in [2.45, 2.75) is 19.3 Å². The van der Waals surface area contributed by atoms with Crippen molar-refractivity contribution in [1.29, 1.82) is 0 Å². The van der Waals surface area contributed by atoms with Crippen LogP contribution >= 0.6 is 0 Å². The van der Waals surface area contributed by atoms with E-state index in [0.29, 0.717) is 11.7 Å². The Labute approximate surface area is 151 Å². The largest absolute Gasteiger partial charge is 0.476 e. The van der Waals surface area contributed by atoms with Crippen molar-refractivity contribution < 1.29 is 9.90 Å². The zero-order valence-corrected chi connectivity index (χ0v) is 14.5. The van der Waals surface area contributed by atoms with Gasteiger partial charge in [0, 0.05) is 19.0 Å². The molecule has 0 saturated carbocycles. The normalized spacial score (nSPS) is 16.8. The van der Waals surface area contributed by atoms with Crippen LogP contribution in [0.4, 0.5) is 5.82 Å². The lowest BCUT2D eigenvalue weighted by atomic mass is 9.99. The average Bonchev–Trinajstić information content (AvgIpc) is 3.30. The molecule has 1 N–H and O–H groups in total. The molecule has 2 aromatic carbocycles. The molecule has 26 heavy (non-hydrogen) atoms. The minimum Gasteiger partial charge on any atom is -0.476 e. The summed E-state index contributed by atoms with van der Waals surface area (Å²) >= 11 is 0. The van der Waals surface area contributed by atoms with Crippen LogP contribution in [0.5, 0.6) is 0 Å². The van der Waals surface area contributed by atoms with Crippen LogP contribution < -0.4 is 4.90 Å². The van der Waals surface area contributed by atoms with Crippen LogP contribution in [0, 0.1) is 6.92 Å². The summed E-state index contributed by atoms with van der Waals surface area (Å²) < 4.78 is 0. The number of carbonyl (C=O) groups is 1. The van der Waals surface area contributed by atoms with E-state index in [4.69, 9.17) is 0 Å². The Kier molecular flexibility index (Phi) is 4.16. The molecular weight excluding hydrogens is 328 g/mol. The van der Waals surface area contributed by atoms with Crippen molar-refractivity contribution in [1.82, 2.24) is 15.0 Å². The van der Waals surface area contributed by atoms with E-state index in [1.165, 1.54) is 10.4 Å². The number of rotatable bonds is 4. The number of anilines is 1. The Morgan fingerprint density at radius 2 is 1.92 bits per heavy atom. The molecule has 2 heterocycles. The Balaban J connectivity index is 1.65. The number of nitrogens with zero attached hydrogens (tertiary/aromatic N) is 4. The van der Waals surface area contributed by atoms with Crippen molar-refractivity contribution in [3.05, 3.63) is 71.4 Å². The van der Waals surface area contributed by atoms with Gasteiger partial charge in [-0.2, -0.15) is 0 Å². The molecule has 132 valence electrons. The predicted octanol–water partition coefficient (Wildman–Crippen LogP) is 3.27. The first-order valence-electron chi connectivity index (χ1n) is 8.69. The summed E-state index contributed by atoms with van der Waals surface area (Å²) in [6, 6.07) is 18.0. The third kappa shape index (κ3) is 3.06. The zero-order valence-electron chi connectivity index (χ0n) is 14.5. The van der Waals surface area contributed by atoms with Gasteiger partial charge in [0.2, 0.25) is 5.69 Å². The molecule has 0 radical (unpaired) electrons. The third-order valence-corrected chi connectivity index (χ3v) is 4.79. The second-order valence-electron chi connectivity index (χ2n) is 6.65. The fourth-order valence-corrected chi connectivity index (χ4v) is 3.47. The second kappa shape index (κ2) is 6.63. The molecule has 0 bridgehead atoms. The van der Waals surface area contributed by atoms with Crippen molar-refractivity contribution in [3.8, 4) is 5.69 Å². The highest BCUT2D eigenvalue weighted by Crippen LogP contribution is 2.31. The molecule has 1 aliphatic rings. The Hall–Kier alpha value is -3.15. The fourth-order valence-electron chi connectivity index (χ4n) is 3.47. The Bertz CT molecular complexity index is 936. The van der Waals surface area contributed by atoms with Crippen molar-refractivity contribution in [3.63, 3.8) is 0 Å². The predicted molar refractivity (Wildman–Crippen MR) is 99.1 cm³/mol. The van der Waals surface area contributed by atoms with Gasteiger partial charge in [-0.15, -0.1) is 15.0 Å². The number of benzene rings is 2. The number of carboxylic acid groups (broad SMARTS) is 1. The van der Waals surface area contributed by atoms with Crippen LogP contribution in [-0.4, -0.2) is 39.2 Å². The first-order chi connectivity index (χ1) is 12.6. The average molecular weight is 348 g/mol. The standard InChI is InChI=1S/C20H20N4O2/c1-14-6-5-9-17(12-14)24-21-18(20(25)26)19(22-24)23-11-10-16(13-23)15-7-3-2-4-8-15/h2-9,12,16H,10-11,13H2,1H3,(H,25,26). The summed E-state index contributed by atoms with van der Waals surface area (Å²) in [6.45, 7) is 3.50. The SMILES string of the molecule is Cc1cccc(-n2nc(C(=O)O)c(N3CCC(c4ccccc4)C3)n2)c1. The van der Waals surface area contributed by atoms with Crippen LogP contribution in [-0.2, 0) is 0 Å². The number of aryl methyl sites for hydroxylation is 1. The molecule has 6 nitrogen and oxygen atoms in total. The van der Waals surface area contributed by atoms with Crippen LogP contribution in [0.1, 0.15) is 34.0 Å². The van der Waals surface area contributed by atoms with Gasteiger partial charge < -0.3 is 10.0 Å². The van der Waals surface area contributed by atoms with Gasteiger partial charge >= 0.3 is 5.97 Å². The first-order valence-corrected chi connectivity index (χ1v) is 8.69. The van der Waals surface area contributed by atoms with Gasteiger partial charge in [-0.3, -0.25) is 0 Å². The van der Waals surface area contributed by atoms with E-state index in [-0.39, 0.29) is 5.69 Å². The lowest BCUT2D eigenvalue weighted by Crippen LogP contribution is -2.22.